The van der Waals surface area contributed by atoms with Gasteiger partial charge in [0.25, 0.3) is 0 Å². The Labute approximate surface area is 77.5 Å². The molecule has 0 bridgehead atoms. The van der Waals surface area contributed by atoms with Gasteiger partial charge in [-0.25, -0.2) is 9.59 Å². The fourth-order valence-corrected chi connectivity index (χ4v) is 0.640. The minimum atomic E-state index is -1.25. The molecule has 0 aliphatic rings. The van der Waals surface area contributed by atoms with Crippen LogP contribution in [0.2, 0.25) is 0 Å². The van der Waals surface area contributed by atoms with Gasteiger partial charge in [0.2, 0.25) is 5.60 Å². The van der Waals surface area contributed by atoms with Gasteiger partial charge in [0.1, 0.15) is 0 Å². The molecule has 0 rings (SSSR count). The van der Waals surface area contributed by atoms with Gasteiger partial charge in [0.15, 0.2) is 0 Å². The van der Waals surface area contributed by atoms with Crippen molar-refractivity contribution in [3.8, 4) is 0 Å². The molecule has 0 N–H and O–H groups in total. The van der Waals surface area contributed by atoms with Gasteiger partial charge in [0.05, 0.1) is 6.61 Å². The van der Waals surface area contributed by atoms with E-state index in [-0.39, 0.29) is 6.61 Å². The second kappa shape index (κ2) is 4.64. The van der Waals surface area contributed by atoms with E-state index >= 15 is 0 Å². The molecule has 0 aromatic rings. The zero-order chi connectivity index (χ0) is 10.5. The summed E-state index contributed by atoms with van der Waals surface area (Å²) in [6.07, 6.45) is 1.00. The summed E-state index contributed by atoms with van der Waals surface area (Å²) in [7, 11) is 0. The number of hydrogen-bond acceptors (Lipinski definition) is 4. The maximum Gasteiger partial charge on any atom is 0.350 e. The van der Waals surface area contributed by atoms with E-state index in [0.717, 1.165) is 6.08 Å². The molecule has 0 aliphatic heterocycles. The lowest BCUT2D eigenvalue weighted by Gasteiger charge is -2.21. The summed E-state index contributed by atoms with van der Waals surface area (Å²) < 4.78 is 9.47. The van der Waals surface area contributed by atoms with E-state index in [4.69, 9.17) is 9.47 Å². The van der Waals surface area contributed by atoms with Crippen molar-refractivity contribution in [2.24, 2.45) is 0 Å². The number of ether oxygens (including phenoxy) is 2. The van der Waals surface area contributed by atoms with Crippen molar-refractivity contribution < 1.29 is 19.1 Å². The average Bonchev–Trinajstić information content (AvgIpc) is 2.04. The second-order valence-corrected chi connectivity index (χ2v) is 2.86. The van der Waals surface area contributed by atoms with Crippen LogP contribution < -0.4 is 0 Å². The first-order chi connectivity index (χ1) is 5.94. The second-order valence-electron chi connectivity index (χ2n) is 2.86. The van der Waals surface area contributed by atoms with Crippen LogP contribution in [-0.4, -0.2) is 24.1 Å². The van der Waals surface area contributed by atoms with E-state index in [1.54, 1.807) is 6.92 Å². The predicted molar refractivity (Wildman–Crippen MR) is 47.0 cm³/mol. The highest BCUT2D eigenvalue weighted by Gasteiger charge is 2.32. The summed E-state index contributed by atoms with van der Waals surface area (Å²) in [5, 5.41) is 0. The lowest BCUT2D eigenvalue weighted by Crippen LogP contribution is -2.38. The van der Waals surface area contributed by atoms with Crippen LogP contribution in [0.5, 0.6) is 0 Å². The van der Waals surface area contributed by atoms with Crippen molar-refractivity contribution >= 4 is 11.9 Å². The third-order valence-electron chi connectivity index (χ3n) is 1.29. The molecular weight excluding hydrogens is 172 g/mol. The molecule has 4 nitrogen and oxygen atoms in total. The van der Waals surface area contributed by atoms with Gasteiger partial charge in [-0.1, -0.05) is 6.58 Å². The van der Waals surface area contributed by atoms with E-state index in [9.17, 15) is 9.59 Å². The van der Waals surface area contributed by atoms with Crippen molar-refractivity contribution in [3.05, 3.63) is 12.7 Å². The maximum absolute atomic E-state index is 11.2. The molecule has 13 heavy (non-hydrogen) atoms. The Bertz CT molecular complexity index is 218. The van der Waals surface area contributed by atoms with E-state index in [0.29, 0.717) is 0 Å². The van der Waals surface area contributed by atoms with Crippen LogP contribution >= 0.6 is 0 Å². The standard InChI is InChI=1S/C9H14O4/c1-5-7(10)13-9(3,4)8(11)12-6-2/h5H,1,6H2,2-4H3. The van der Waals surface area contributed by atoms with Crippen LogP contribution in [0.15, 0.2) is 12.7 Å². The van der Waals surface area contributed by atoms with Gasteiger partial charge in [-0.15, -0.1) is 0 Å². The first-order valence-corrected chi connectivity index (χ1v) is 3.96. The highest BCUT2D eigenvalue weighted by molar-refractivity contribution is 5.87. The summed E-state index contributed by atoms with van der Waals surface area (Å²) in [5.41, 5.74) is -1.25. The molecule has 0 saturated carbocycles. The Hall–Kier alpha value is -1.32. The molecule has 4 heteroatoms. The topological polar surface area (TPSA) is 52.6 Å². The number of hydrogen-bond donors (Lipinski definition) is 0. The van der Waals surface area contributed by atoms with Gasteiger partial charge in [-0.2, -0.15) is 0 Å². The smallest absolute Gasteiger partial charge is 0.350 e. The zero-order valence-electron chi connectivity index (χ0n) is 8.12. The number of rotatable bonds is 4. The highest BCUT2D eigenvalue weighted by Crippen LogP contribution is 2.11. The maximum atomic E-state index is 11.2. The lowest BCUT2D eigenvalue weighted by atomic mass is 10.1. The van der Waals surface area contributed by atoms with Gasteiger partial charge in [-0.05, 0) is 20.8 Å². The Morgan fingerprint density at radius 1 is 1.46 bits per heavy atom. The molecule has 0 heterocycles. The molecule has 74 valence electrons. The Balaban J connectivity index is 4.29. The molecule has 0 atom stereocenters. The minimum absolute atomic E-state index is 0.258. The predicted octanol–water partition coefficient (Wildman–Crippen LogP) is 1.06. The number of carbonyl (C=O) groups excluding carboxylic acids is 2. The van der Waals surface area contributed by atoms with Gasteiger partial charge < -0.3 is 9.47 Å². The van der Waals surface area contributed by atoms with E-state index in [2.05, 4.69) is 6.58 Å². The van der Waals surface area contributed by atoms with Crippen molar-refractivity contribution in [3.63, 3.8) is 0 Å². The van der Waals surface area contributed by atoms with Crippen LogP contribution in [0.1, 0.15) is 20.8 Å². The van der Waals surface area contributed by atoms with Crippen molar-refractivity contribution in [2.45, 2.75) is 26.4 Å². The Morgan fingerprint density at radius 3 is 2.38 bits per heavy atom. The molecule has 0 radical (unpaired) electrons. The fourth-order valence-electron chi connectivity index (χ4n) is 0.640. The molecular formula is C9H14O4. The van der Waals surface area contributed by atoms with E-state index < -0.39 is 17.5 Å². The summed E-state index contributed by atoms with van der Waals surface area (Å²) in [6, 6.07) is 0. The SMILES string of the molecule is C=CC(=O)OC(C)(C)C(=O)OCC. The molecule has 0 fully saturated rings. The van der Waals surface area contributed by atoms with Gasteiger partial charge in [-0.3, -0.25) is 0 Å². The Kier molecular flexibility index (Phi) is 4.17. The largest absolute Gasteiger partial charge is 0.463 e. The van der Waals surface area contributed by atoms with E-state index in [1.807, 2.05) is 0 Å². The molecule has 0 aromatic carbocycles. The summed E-state index contributed by atoms with van der Waals surface area (Å²) in [5.74, 6) is -1.21. The molecule has 0 spiro atoms. The third kappa shape index (κ3) is 3.73. The monoisotopic (exact) mass is 186 g/mol. The van der Waals surface area contributed by atoms with Crippen molar-refractivity contribution in [1.29, 1.82) is 0 Å². The number of carbonyl (C=O) groups is 2. The quantitative estimate of drug-likeness (QED) is 0.486. The lowest BCUT2D eigenvalue weighted by molar-refractivity contribution is -0.175. The van der Waals surface area contributed by atoms with Gasteiger partial charge in [0, 0.05) is 6.08 Å². The zero-order valence-corrected chi connectivity index (χ0v) is 8.12. The van der Waals surface area contributed by atoms with Crippen LogP contribution in [-0.2, 0) is 19.1 Å². The van der Waals surface area contributed by atoms with Crippen LogP contribution in [0.3, 0.4) is 0 Å². The molecule has 0 aliphatic carbocycles. The molecule has 0 aromatic heterocycles. The first kappa shape index (κ1) is 11.7. The summed E-state index contributed by atoms with van der Waals surface area (Å²) in [4.78, 5) is 22.0. The normalized spacial score (nSPS) is 10.4. The van der Waals surface area contributed by atoms with Gasteiger partial charge >= 0.3 is 11.9 Å². The Morgan fingerprint density at radius 2 is 2.00 bits per heavy atom. The third-order valence-corrected chi connectivity index (χ3v) is 1.29. The molecule has 0 amide bonds. The average molecular weight is 186 g/mol. The first-order valence-electron chi connectivity index (χ1n) is 3.96. The molecule has 0 saturated heterocycles. The minimum Gasteiger partial charge on any atom is -0.463 e. The van der Waals surface area contributed by atoms with Crippen LogP contribution in [0.25, 0.3) is 0 Å². The fraction of sp³-hybridized carbons (Fsp3) is 0.556. The van der Waals surface area contributed by atoms with Crippen LogP contribution in [0, 0.1) is 0 Å². The highest BCUT2D eigenvalue weighted by atomic mass is 16.6. The van der Waals surface area contributed by atoms with E-state index in [1.165, 1.54) is 13.8 Å². The molecule has 0 unspecified atom stereocenters. The van der Waals surface area contributed by atoms with Crippen LogP contribution in [0.4, 0.5) is 0 Å². The number of esters is 2. The van der Waals surface area contributed by atoms with Crippen molar-refractivity contribution in [2.75, 3.05) is 6.61 Å². The summed E-state index contributed by atoms with van der Waals surface area (Å²) in [6.45, 7) is 8.09. The summed E-state index contributed by atoms with van der Waals surface area (Å²) >= 11 is 0. The van der Waals surface area contributed by atoms with Crippen molar-refractivity contribution in [1.82, 2.24) is 0 Å².